The molecule has 0 unspecified atom stereocenters. The molecule has 158 valence electrons. The van der Waals surface area contributed by atoms with Crippen LogP contribution in [0.5, 0.6) is 0 Å². The van der Waals surface area contributed by atoms with E-state index in [0.717, 1.165) is 60.2 Å². The lowest BCUT2D eigenvalue weighted by Crippen LogP contribution is -2.38. The van der Waals surface area contributed by atoms with E-state index in [1.807, 2.05) is 35.9 Å². The molecule has 0 spiro atoms. The quantitative estimate of drug-likeness (QED) is 0.660. The molecule has 7 nitrogen and oxygen atoms in total. The number of aromatic nitrogens is 4. The predicted octanol–water partition coefficient (Wildman–Crippen LogP) is 2.91. The fourth-order valence-electron chi connectivity index (χ4n) is 4.22. The summed E-state index contributed by atoms with van der Waals surface area (Å²) in [5.41, 5.74) is 3.70. The average Bonchev–Trinajstić information content (AvgIpc) is 2.88. The summed E-state index contributed by atoms with van der Waals surface area (Å²) >= 11 is 0. The zero-order valence-corrected chi connectivity index (χ0v) is 17.9. The van der Waals surface area contributed by atoms with Gasteiger partial charge in [0.2, 0.25) is 5.91 Å². The van der Waals surface area contributed by atoms with E-state index in [1.54, 1.807) is 6.07 Å². The molecule has 1 aliphatic rings. The maximum atomic E-state index is 12.9. The van der Waals surface area contributed by atoms with Gasteiger partial charge in [-0.25, -0.2) is 9.67 Å². The molecular formula is C23H29N5O2. The topological polar surface area (TPSA) is 81.8 Å². The molecule has 0 aliphatic heterocycles. The molecule has 0 saturated heterocycles. The molecule has 3 aromatic rings. The van der Waals surface area contributed by atoms with E-state index in [1.165, 1.54) is 4.68 Å². The Balaban J connectivity index is 1.56. The Kier molecular flexibility index (Phi) is 5.70. The highest BCUT2D eigenvalue weighted by Gasteiger charge is 2.24. The van der Waals surface area contributed by atoms with Crippen molar-refractivity contribution in [1.29, 1.82) is 0 Å². The molecule has 30 heavy (non-hydrogen) atoms. The van der Waals surface area contributed by atoms with E-state index in [4.69, 9.17) is 4.98 Å². The molecule has 0 radical (unpaired) electrons. The zero-order valence-electron chi connectivity index (χ0n) is 17.9. The summed E-state index contributed by atoms with van der Waals surface area (Å²) in [6.07, 6.45) is 5.08. The lowest BCUT2D eigenvalue weighted by Gasteiger charge is -2.22. The summed E-state index contributed by atoms with van der Waals surface area (Å²) in [5.74, 6) is 0.715. The molecule has 0 bridgehead atoms. The molecule has 7 heteroatoms. The Morgan fingerprint density at radius 1 is 1.17 bits per heavy atom. The molecule has 1 atom stereocenters. The summed E-state index contributed by atoms with van der Waals surface area (Å²) in [7, 11) is 1.96. The Morgan fingerprint density at radius 2 is 1.93 bits per heavy atom. The molecule has 1 aliphatic carbocycles. The molecule has 1 N–H and O–H groups in total. The highest BCUT2D eigenvalue weighted by Crippen LogP contribution is 2.24. The van der Waals surface area contributed by atoms with Crippen molar-refractivity contribution in [2.24, 2.45) is 13.0 Å². The standard InChI is InChI=1S/C23H29N5O2/c1-15(2)22(23-24-18-11-7-8-12-19(18)27(23)3)25-20(29)14-28-21(30)13-16-9-5-4-6-10-17(16)26-28/h7-8,11-13,15,22H,4-6,9-10,14H2,1-3H3,(H,25,29)/t22-/m0/s1. The number of imidazole rings is 1. The maximum Gasteiger partial charge on any atom is 0.267 e. The zero-order chi connectivity index (χ0) is 21.3. The Labute approximate surface area is 176 Å². The van der Waals surface area contributed by atoms with Gasteiger partial charge >= 0.3 is 0 Å². The number of para-hydroxylation sites is 2. The molecule has 2 aromatic heterocycles. The van der Waals surface area contributed by atoms with Gasteiger partial charge in [-0.15, -0.1) is 0 Å². The van der Waals surface area contributed by atoms with Crippen LogP contribution in [0.4, 0.5) is 0 Å². The van der Waals surface area contributed by atoms with E-state index in [9.17, 15) is 9.59 Å². The highest BCUT2D eigenvalue weighted by atomic mass is 16.2. The van der Waals surface area contributed by atoms with Crippen LogP contribution in [0.2, 0.25) is 0 Å². The van der Waals surface area contributed by atoms with Crippen molar-refractivity contribution >= 4 is 16.9 Å². The van der Waals surface area contributed by atoms with Crippen molar-refractivity contribution in [2.45, 2.75) is 58.5 Å². The summed E-state index contributed by atoms with van der Waals surface area (Å²) in [6, 6.07) is 9.32. The van der Waals surface area contributed by atoms with E-state index >= 15 is 0 Å². The first-order valence-corrected chi connectivity index (χ1v) is 10.7. The number of hydrogen-bond donors (Lipinski definition) is 1. The first-order valence-electron chi connectivity index (χ1n) is 10.7. The molecule has 0 saturated carbocycles. The van der Waals surface area contributed by atoms with Crippen molar-refractivity contribution in [3.8, 4) is 0 Å². The Hall–Kier alpha value is -2.96. The number of rotatable bonds is 5. The van der Waals surface area contributed by atoms with Crippen LogP contribution in [-0.2, 0) is 31.2 Å². The number of carbonyl (C=O) groups excluding carboxylic acids is 1. The van der Waals surface area contributed by atoms with Crippen molar-refractivity contribution in [3.05, 3.63) is 57.8 Å². The van der Waals surface area contributed by atoms with Crippen LogP contribution in [-0.4, -0.2) is 25.2 Å². The second-order valence-corrected chi connectivity index (χ2v) is 8.48. The van der Waals surface area contributed by atoms with Crippen molar-refractivity contribution in [3.63, 3.8) is 0 Å². The number of fused-ring (bicyclic) bond motifs is 2. The van der Waals surface area contributed by atoms with Gasteiger partial charge in [0.25, 0.3) is 5.56 Å². The van der Waals surface area contributed by atoms with Crippen LogP contribution < -0.4 is 10.9 Å². The number of carbonyl (C=O) groups is 1. The second-order valence-electron chi connectivity index (χ2n) is 8.48. The highest BCUT2D eigenvalue weighted by molar-refractivity contribution is 5.78. The van der Waals surface area contributed by atoms with Gasteiger partial charge < -0.3 is 9.88 Å². The number of nitrogens with one attached hydrogen (secondary N) is 1. The second kappa shape index (κ2) is 8.42. The SMILES string of the molecule is CC(C)[C@H](NC(=O)Cn1nc2c(cc1=O)CCCCC2)c1nc2ccccc2n1C. The van der Waals surface area contributed by atoms with Crippen LogP contribution in [0.1, 0.15) is 56.2 Å². The van der Waals surface area contributed by atoms with Gasteiger partial charge in [0.15, 0.2) is 0 Å². The number of aryl methyl sites for hydroxylation is 3. The van der Waals surface area contributed by atoms with Crippen molar-refractivity contribution in [1.82, 2.24) is 24.6 Å². The fraction of sp³-hybridized carbons (Fsp3) is 0.478. The molecule has 4 rings (SSSR count). The number of hydrogen-bond acceptors (Lipinski definition) is 4. The monoisotopic (exact) mass is 407 g/mol. The van der Waals surface area contributed by atoms with Gasteiger partial charge in [0, 0.05) is 13.1 Å². The Morgan fingerprint density at radius 3 is 2.70 bits per heavy atom. The lowest BCUT2D eigenvalue weighted by molar-refractivity contribution is -0.123. The van der Waals surface area contributed by atoms with E-state index in [0.29, 0.717) is 0 Å². The van der Waals surface area contributed by atoms with Crippen LogP contribution in [0.25, 0.3) is 11.0 Å². The molecule has 0 fully saturated rings. The largest absolute Gasteiger partial charge is 0.344 e. The van der Waals surface area contributed by atoms with E-state index in [-0.39, 0.29) is 30.0 Å². The fourth-order valence-corrected chi connectivity index (χ4v) is 4.22. The first-order chi connectivity index (χ1) is 14.4. The number of nitrogens with zero attached hydrogens (tertiary/aromatic N) is 4. The van der Waals surface area contributed by atoms with Crippen LogP contribution >= 0.6 is 0 Å². The molecule has 1 aromatic carbocycles. The van der Waals surface area contributed by atoms with Gasteiger partial charge in [-0.3, -0.25) is 9.59 Å². The first kappa shape index (κ1) is 20.3. The summed E-state index contributed by atoms with van der Waals surface area (Å²) in [4.78, 5) is 30.1. The average molecular weight is 408 g/mol. The molecule has 2 heterocycles. The predicted molar refractivity (Wildman–Crippen MR) is 116 cm³/mol. The molecular weight excluding hydrogens is 378 g/mol. The summed E-state index contributed by atoms with van der Waals surface area (Å²) < 4.78 is 3.32. The minimum absolute atomic E-state index is 0.0841. The Bertz CT molecular complexity index is 1130. The smallest absolute Gasteiger partial charge is 0.267 e. The van der Waals surface area contributed by atoms with E-state index in [2.05, 4.69) is 24.3 Å². The van der Waals surface area contributed by atoms with Gasteiger partial charge in [-0.1, -0.05) is 32.4 Å². The third-order valence-corrected chi connectivity index (χ3v) is 5.90. The summed E-state index contributed by atoms with van der Waals surface area (Å²) in [6.45, 7) is 4.02. The van der Waals surface area contributed by atoms with Crippen LogP contribution in [0.3, 0.4) is 0 Å². The van der Waals surface area contributed by atoms with Gasteiger partial charge in [0.1, 0.15) is 12.4 Å². The van der Waals surface area contributed by atoms with Crippen molar-refractivity contribution < 1.29 is 4.79 Å². The minimum Gasteiger partial charge on any atom is -0.344 e. The normalized spacial score (nSPS) is 15.1. The third-order valence-electron chi connectivity index (χ3n) is 5.90. The molecule has 1 amide bonds. The number of benzene rings is 1. The summed E-state index contributed by atoms with van der Waals surface area (Å²) in [5, 5.41) is 7.59. The van der Waals surface area contributed by atoms with Gasteiger partial charge in [0.05, 0.1) is 22.8 Å². The lowest BCUT2D eigenvalue weighted by atomic mass is 10.0. The van der Waals surface area contributed by atoms with Crippen LogP contribution in [0, 0.1) is 5.92 Å². The number of amides is 1. The van der Waals surface area contributed by atoms with Gasteiger partial charge in [-0.05, 0) is 49.3 Å². The van der Waals surface area contributed by atoms with Crippen molar-refractivity contribution in [2.75, 3.05) is 0 Å². The van der Waals surface area contributed by atoms with Crippen LogP contribution in [0.15, 0.2) is 35.1 Å². The third kappa shape index (κ3) is 4.01. The van der Waals surface area contributed by atoms with Gasteiger partial charge in [-0.2, -0.15) is 5.10 Å². The minimum atomic E-state index is -0.258. The maximum absolute atomic E-state index is 12.9. The van der Waals surface area contributed by atoms with E-state index < -0.39 is 0 Å².